The molecule has 0 bridgehead atoms. The van der Waals surface area contributed by atoms with E-state index in [1.165, 1.54) is 6.08 Å². The van der Waals surface area contributed by atoms with Crippen molar-refractivity contribution in [3.63, 3.8) is 0 Å². The minimum Gasteiger partial charge on any atom is -0.494 e. The predicted molar refractivity (Wildman–Crippen MR) is 85.1 cm³/mol. The zero-order valence-corrected chi connectivity index (χ0v) is 12.4. The Hall–Kier alpha value is -2.75. The first-order valence-corrected chi connectivity index (χ1v) is 7.03. The van der Waals surface area contributed by atoms with Crippen LogP contribution in [-0.4, -0.2) is 17.7 Å². The highest BCUT2D eigenvalue weighted by molar-refractivity contribution is 5.86. The van der Waals surface area contributed by atoms with Crippen LogP contribution in [0.3, 0.4) is 0 Å². The molecule has 0 saturated carbocycles. The second-order valence-corrected chi connectivity index (χ2v) is 4.58. The fraction of sp³-hybridized carbons (Fsp3) is 0.167. The minimum absolute atomic E-state index is 0.419. The Morgan fingerprint density at radius 2 is 1.91 bits per heavy atom. The number of ether oxygens (including phenoxy) is 2. The van der Waals surface area contributed by atoms with Gasteiger partial charge < -0.3 is 14.6 Å². The molecule has 2 aromatic carbocycles. The summed E-state index contributed by atoms with van der Waals surface area (Å²) < 4.78 is 11.2. The molecule has 0 heterocycles. The number of carbonyl (C=O) groups is 1. The fourth-order valence-electron chi connectivity index (χ4n) is 1.94. The van der Waals surface area contributed by atoms with Gasteiger partial charge in [0.05, 0.1) is 6.61 Å². The summed E-state index contributed by atoms with van der Waals surface area (Å²) in [5.74, 6) is 0.292. The molecule has 22 heavy (non-hydrogen) atoms. The SMILES string of the molecule is CCOc1ccc(OCc2ccccc2)c(/C=C/C(=O)O)c1. The summed E-state index contributed by atoms with van der Waals surface area (Å²) in [6.07, 6.45) is 2.59. The molecular formula is C18H18O4. The molecule has 0 aliphatic heterocycles. The van der Waals surface area contributed by atoms with Gasteiger partial charge in [-0.15, -0.1) is 0 Å². The molecule has 0 atom stereocenters. The maximum absolute atomic E-state index is 10.7. The van der Waals surface area contributed by atoms with Crippen molar-refractivity contribution < 1.29 is 19.4 Å². The van der Waals surface area contributed by atoms with Gasteiger partial charge in [-0.05, 0) is 36.8 Å². The van der Waals surface area contributed by atoms with Crippen LogP contribution in [0, 0.1) is 0 Å². The van der Waals surface area contributed by atoms with E-state index in [0.717, 1.165) is 11.6 Å². The fourth-order valence-corrected chi connectivity index (χ4v) is 1.94. The van der Waals surface area contributed by atoms with Gasteiger partial charge in [0.15, 0.2) is 0 Å². The van der Waals surface area contributed by atoms with Crippen LogP contribution >= 0.6 is 0 Å². The van der Waals surface area contributed by atoms with Gasteiger partial charge >= 0.3 is 5.97 Å². The van der Waals surface area contributed by atoms with Crippen molar-refractivity contribution in [2.45, 2.75) is 13.5 Å². The van der Waals surface area contributed by atoms with Gasteiger partial charge in [-0.25, -0.2) is 4.79 Å². The Bertz CT molecular complexity index is 647. The normalized spacial score (nSPS) is 10.6. The molecule has 0 fully saturated rings. The maximum Gasteiger partial charge on any atom is 0.328 e. The van der Waals surface area contributed by atoms with Crippen molar-refractivity contribution in [1.29, 1.82) is 0 Å². The van der Waals surface area contributed by atoms with Crippen molar-refractivity contribution in [3.05, 3.63) is 65.7 Å². The van der Waals surface area contributed by atoms with Gasteiger partial charge in [0.2, 0.25) is 0 Å². The molecule has 0 spiro atoms. The van der Waals surface area contributed by atoms with Gasteiger partial charge in [0.25, 0.3) is 0 Å². The lowest BCUT2D eigenvalue weighted by molar-refractivity contribution is -0.131. The van der Waals surface area contributed by atoms with Crippen molar-refractivity contribution >= 4 is 12.0 Å². The largest absolute Gasteiger partial charge is 0.494 e. The van der Waals surface area contributed by atoms with E-state index >= 15 is 0 Å². The summed E-state index contributed by atoms with van der Waals surface area (Å²) in [6, 6.07) is 15.1. The molecular weight excluding hydrogens is 280 g/mol. The van der Waals surface area contributed by atoms with Gasteiger partial charge in [0.1, 0.15) is 18.1 Å². The number of benzene rings is 2. The monoisotopic (exact) mass is 298 g/mol. The summed E-state index contributed by atoms with van der Waals surface area (Å²) >= 11 is 0. The molecule has 0 saturated heterocycles. The topological polar surface area (TPSA) is 55.8 Å². The van der Waals surface area contributed by atoms with Crippen molar-refractivity contribution in [2.24, 2.45) is 0 Å². The average molecular weight is 298 g/mol. The van der Waals surface area contributed by atoms with Gasteiger partial charge in [-0.1, -0.05) is 30.3 Å². The molecule has 2 rings (SSSR count). The number of rotatable bonds is 7. The van der Waals surface area contributed by atoms with Gasteiger partial charge in [-0.3, -0.25) is 0 Å². The number of carboxylic acid groups (broad SMARTS) is 1. The molecule has 114 valence electrons. The van der Waals surface area contributed by atoms with Crippen LogP contribution in [0.4, 0.5) is 0 Å². The lowest BCUT2D eigenvalue weighted by Crippen LogP contribution is -1.98. The molecule has 0 aliphatic carbocycles. The zero-order valence-electron chi connectivity index (χ0n) is 12.4. The highest BCUT2D eigenvalue weighted by Crippen LogP contribution is 2.26. The van der Waals surface area contributed by atoms with Crippen LogP contribution in [0.15, 0.2) is 54.6 Å². The standard InChI is InChI=1S/C18H18O4/c1-2-21-16-9-10-17(15(12-16)8-11-18(19)20)22-13-14-6-4-3-5-7-14/h3-12H,2,13H2,1H3,(H,19,20)/b11-8+. The first kappa shape index (κ1) is 15.6. The molecule has 4 nitrogen and oxygen atoms in total. The van der Waals surface area contributed by atoms with Crippen LogP contribution in [0.1, 0.15) is 18.1 Å². The summed E-state index contributed by atoms with van der Waals surface area (Å²) in [7, 11) is 0. The Morgan fingerprint density at radius 1 is 1.14 bits per heavy atom. The van der Waals surface area contributed by atoms with Crippen LogP contribution in [0.5, 0.6) is 11.5 Å². The lowest BCUT2D eigenvalue weighted by atomic mass is 10.1. The number of hydrogen-bond donors (Lipinski definition) is 1. The molecule has 0 aromatic heterocycles. The molecule has 2 aromatic rings. The third-order valence-electron chi connectivity index (χ3n) is 2.93. The van der Waals surface area contributed by atoms with E-state index in [1.54, 1.807) is 12.1 Å². The molecule has 0 unspecified atom stereocenters. The van der Waals surface area contributed by atoms with Crippen molar-refractivity contribution in [3.8, 4) is 11.5 Å². The smallest absolute Gasteiger partial charge is 0.328 e. The van der Waals surface area contributed by atoms with Crippen LogP contribution < -0.4 is 9.47 Å². The second kappa shape index (κ2) is 7.88. The highest BCUT2D eigenvalue weighted by atomic mass is 16.5. The second-order valence-electron chi connectivity index (χ2n) is 4.58. The van der Waals surface area contributed by atoms with Crippen LogP contribution in [0.25, 0.3) is 6.08 Å². The first-order valence-electron chi connectivity index (χ1n) is 7.03. The maximum atomic E-state index is 10.7. The quantitative estimate of drug-likeness (QED) is 0.791. The average Bonchev–Trinajstić information content (AvgIpc) is 2.53. The molecule has 4 heteroatoms. The Morgan fingerprint density at radius 3 is 2.59 bits per heavy atom. The van der Waals surface area contributed by atoms with E-state index in [2.05, 4.69) is 0 Å². The number of hydrogen-bond acceptors (Lipinski definition) is 3. The highest BCUT2D eigenvalue weighted by Gasteiger charge is 2.05. The van der Waals surface area contributed by atoms with Crippen LogP contribution in [0.2, 0.25) is 0 Å². The number of carboxylic acids is 1. The van der Waals surface area contributed by atoms with E-state index in [-0.39, 0.29) is 0 Å². The Kier molecular flexibility index (Phi) is 5.60. The summed E-state index contributed by atoms with van der Waals surface area (Å²) in [6.45, 7) is 2.86. The van der Waals surface area contributed by atoms with E-state index in [9.17, 15) is 4.79 Å². The van der Waals surface area contributed by atoms with Gasteiger partial charge in [0, 0.05) is 11.6 Å². The van der Waals surface area contributed by atoms with E-state index in [0.29, 0.717) is 30.3 Å². The predicted octanol–water partition coefficient (Wildman–Crippen LogP) is 3.76. The summed E-state index contributed by atoms with van der Waals surface area (Å²) in [5, 5.41) is 8.79. The van der Waals surface area contributed by atoms with E-state index < -0.39 is 5.97 Å². The molecule has 0 amide bonds. The molecule has 0 radical (unpaired) electrons. The third kappa shape index (κ3) is 4.66. The van der Waals surface area contributed by atoms with Crippen molar-refractivity contribution in [1.82, 2.24) is 0 Å². The minimum atomic E-state index is -1.00. The van der Waals surface area contributed by atoms with E-state index in [4.69, 9.17) is 14.6 Å². The Balaban J connectivity index is 2.19. The molecule has 1 N–H and O–H groups in total. The molecule has 0 aliphatic rings. The number of aliphatic carboxylic acids is 1. The van der Waals surface area contributed by atoms with Gasteiger partial charge in [-0.2, -0.15) is 0 Å². The lowest BCUT2D eigenvalue weighted by Gasteiger charge is -2.11. The zero-order chi connectivity index (χ0) is 15.8. The van der Waals surface area contributed by atoms with Crippen molar-refractivity contribution in [2.75, 3.05) is 6.61 Å². The van der Waals surface area contributed by atoms with Crippen LogP contribution in [-0.2, 0) is 11.4 Å². The first-order chi connectivity index (χ1) is 10.7. The third-order valence-corrected chi connectivity index (χ3v) is 2.93. The summed E-state index contributed by atoms with van der Waals surface area (Å²) in [5.41, 5.74) is 1.72. The summed E-state index contributed by atoms with van der Waals surface area (Å²) in [4.78, 5) is 10.7. The van der Waals surface area contributed by atoms with E-state index in [1.807, 2.05) is 43.3 Å². The Labute approximate surface area is 129 Å².